The maximum Gasteiger partial charge on any atom is 0.142 e. The first-order chi connectivity index (χ1) is 7.88. The molecule has 0 radical (unpaired) electrons. The first-order valence-electron chi connectivity index (χ1n) is 5.88. The van der Waals surface area contributed by atoms with E-state index in [4.69, 9.17) is 11.1 Å². The molecule has 17 heavy (non-hydrogen) atoms. The van der Waals surface area contributed by atoms with Gasteiger partial charge in [0.25, 0.3) is 0 Å². The van der Waals surface area contributed by atoms with Crippen LogP contribution in [0.15, 0.2) is 18.3 Å². The number of hydrogen-bond donors (Lipinski definition) is 2. The molecular weight excluding hydrogens is 212 g/mol. The van der Waals surface area contributed by atoms with E-state index in [1.165, 1.54) is 0 Å². The molecule has 0 fully saturated rings. The van der Waals surface area contributed by atoms with Crippen LogP contribution >= 0.6 is 0 Å². The molecule has 1 rings (SSSR count). The van der Waals surface area contributed by atoms with Crippen LogP contribution in [0.25, 0.3) is 0 Å². The van der Waals surface area contributed by atoms with Gasteiger partial charge in [-0.3, -0.25) is 15.3 Å². The normalized spacial score (nSPS) is 11.8. The summed E-state index contributed by atoms with van der Waals surface area (Å²) in [4.78, 5) is 6.42. The minimum atomic E-state index is 0.0308. The molecule has 1 aromatic heterocycles. The van der Waals surface area contributed by atoms with E-state index < -0.39 is 0 Å². The van der Waals surface area contributed by atoms with Gasteiger partial charge in [0, 0.05) is 18.3 Å². The van der Waals surface area contributed by atoms with Gasteiger partial charge in [0.1, 0.15) is 11.5 Å². The first-order valence-corrected chi connectivity index (χ1v) is 5.88. The van der Waals surface area contributed by atoms with Crippen molar-refractivity contribution in [2.75, 3.05) is 7.05 Å². The molecular formula is C13H22N4. The van der Waals surface area contributed by atoms with Gasteiger partial charge >= 0.3 is 0 Å². The highest BCUT2D eigenvalue weighted by Crippen LogP contribution is 2.19. The third-order valence-electron chi connectivity index (χ3n) is 3.45. The van der Waals surface area contributed by atoms with E-state index in [0.717, 1.165) is 18.5 Å². The largest absolute Gasteiger partial charge is 0.382 e. The minimum Gasteiger partial charge on any atom is -0.382 e. The highest BCUT2D eigenvalue weighted by molar-refractivity contribution is 5.94. The van der Waals surface area contributed by atoms with E-state index >= 15 is 0 Å². The highest BCUT2D eigenvalue weighted by atomic mass is 15.2. The van der Waals surface area contributed by atoms with Crippen LogP contribution in [-0.4, -0.2) is 28.3 Å². The smallest absolute Gasteiger partial charge is 0.142 e. The number of pyridine rings is 1. The molecule has 0 spiro atoms. The Labute approximate surface area is 103 Å². The predicted octanol–water partition coefficient (Wildman–Crippen LogP) is 1.99. The lowest BCUT2D eigenvalue weighted by Crippen LogP contribution is -2.40. The summed E-state index contributed by atoms with van der Waals surface area (Å²) in [6.07, 6.45) is 2.74. The van der Waals surface area contributed by atoms with E-state index in [2.05, 4.69) is 37.7 Å². The Morgan fingerprint density at radius 1 is 1.53 bits per heavy atom. The second-order valence-electron chi connectivity index (χ2n) is 4.95. The maximum atomic E-state index is 7.52. The lowest BCUT2D eigenvalue weighted by atomic mass is 9.99. The van der Waals surface area contributed by atoms with E-state index in [0.29, 0.717) is 5.69 Å². The quantitative estimate of drug-likeness (QED) is 0.605. The Hall–Kier alpha value is -1.42. The summed E-state index contributed by atoms with van der Waals surface area (Å²) in [5, 5.41) is 7.52. The monoisotopic (exact) mass is 234 g/mol. The van der Waals surface area contributed by atoms with Crippen molar-refractivity contribution in [1.29, 1.82) is 5.41 Å². The summed E-state index contributed by atoms with van der Waals surface area (Å²) in [5.74, 6) is 0.0308. The van der Waals surface area contributed by atoms with Gasteiger partial charge in [-0.2, -0.15) is 0 Å². The number of rotatable bonds is 5. The molecule has 0 aliphatic carbocycles. The zero-order valence-corrected chi connectivity index (χ0v) is 11.1. The number of nitrogens with zero attached hydrogens (tertiary/aromatic N) is 2. The molecule has 3 N–H and O–H groups in total. The number of nitrogens with one attached hydrogen (secondary N) is 1. The molecule has 0 atom stereocenters. The van der Waals surface area contributed by atoms with Gasteiger partial charge in [0.15, 0.2) is 0 Å². The Bertz CT molecular complexity index is 398. The molecule has 0 bridgehead atoms. The van der Waals surface area contributed by atoms with Gasteiger partial charge < -0.3 is 5.73 Å². The molecule has 0 saturated heterocycles. The van der Waals surface area contributed by atoms with E-state index in [1.54, 1.807) is 6.20 Å². The van der Waals surface area contributed by atoms with E-state index in [1.807, 2.05) is 12.1 Å². The summed E-state index contributed by atoms with van der Waals surface area (Å²) < 4.78 is 0. The molecule has 4 nitrogen and oxygen atoms in total. The molecule has 4 heteroatoms. The van der Waals surface area contributed by atoms with E-state index in [9.17, 15) is 0 Å². The van der Waals surface area contributed by atoms with Gasteiger partial charge in [0.05, 0.1) is 0 Å². The number of hydrogen-bond acceptors (Lipinski definition) is 3. The zero-order valence-electron chi connectivity index (χ0n) is 11.1. The SMILES string of the molecule is CCC(C)(C)N(C)Cc1cccnc1C(=N)N. The molecule has 94 valence electrons. The van der Waals surface area contributed by atoms with E-state index in [-0.39, 0.29) is 11.4 Å². The van der Waals surface area contributed by atoms with Gasteiger partial charge in [-0.05, 0) is 38.9 Å². The number of amidine groups is 1. The number of nitrogens with two attached hydrogens (primary N) is 1. The third kappa shape index (κ3) is 3.27. The Balaban J connectivity index is 2.92. The summed E-state index contributed by atoms with van der Waals surface area (Å²) in [7, 11) is 2.08. The van der Waals surface area contributed by atoms with Crippen LogP contribution in [0.3, 0.4) is 0 Å². The standard InChI is InChI=1S/C13H22N4/c1-5-13(2,3)17(4)9-10-7-6-8-16-11(10)12(14)15/h6-8H,5,9H2,1-4H3,(H3,14,15). The third-order valence-corrected chi connectivity index (χ3v) is 3.45. The van der Waals surface area contributed by atoms with Crippen LogP contribution in [0, 0.1) is 5.41 Å². The van der Waals surface area contributed by atoms with Crippen molar-refractivity contribution in [2.45, 2.75) is 39.3 Å². The van der Waals surface area contributed by atoms with Crippen molar-refractivity contribution in [1.82, 2.24) is 9.88 Å². The molecule has 0 aromatic carbocycles. The Morgan fingerprint density at radius 3 is 2.71 bits per heavy atom. The number of nitrogen functional groups attached to an aromatic ring is 1. The van der Waals surface area contributed by atoms with Crippen molar-refractivity contribution in [3.8, 4) is 0 Å². The molecule has 0 amide bonds. The summed E-state index contributed by atoms with van der Waals surface area (Å²) in [6, 6.07) is 3.86. The minimum absolute atomic E-state index is 0.0308. The molecule has 0 unspecified atom stereocenters. The van der Waals surface area contributed by atoms with Crippen LogP contribution < -0.4 is 5.73 Å². The van der Waals surface area contributed by atoms with Crippen LogP contribution in [0.5, 0.6) is 0 Å². The predicted molar refractivity (Wildman–Crippen MR) is 71.1 cm³/mol. The molecule has 0 saturated carbocycles. The highest BCUT2D eigenvalue weighted by Gasteiger charge is 2.22. The Kier molecular flexibility index (Phi) is 4.23. The molecule has 0 aliphatic rings. The lowest BCUT2D eigenvalue weighted by Gasteiger charge is -2.35. The number of aromatic nitrogens is 1. The van der Waals surface area contributed by atoms with Crippen molar-refractivity contribution in [3.05, 3.63) is 29.6 Å². The lowest BCUT2D eigenvalue weighted by molar-refractivity contribution is 0.143. The van der Waals surface area contributed by atoms with Crippen molar-refractivity contribution in [2.24, 2.45) is 5.73 Å². The van der Waals surface area contributed by atoms with Gasteiger partial charge in [0.2, 0.25) is 0 Å². The second kappa shape index (κ2) is 5.27. The fraction of sp³-hybridized carbons (Fsp3) is 0.538. The Morgan fingerprint density at radius 2 is 2.18 bits per heavy atom. The van der Waals surface area contributed by atoms with Crippen LogP contribution in [-0.2, 0) is 6.54 Å². The fourth-order valence-corrected chi connectivity index (χ4v) is 1.55. The maximum absolute atomic E-state index is 7.52. The fourth-order valence-electron chi connectivity index (χ4n) is 1.55. The average molecular weight is 234 g/mol. The van der Waals surface area contributed by atoms with Crippen LogP contribution in [0.4, 0.5) is 0 Å². The zero-order chi connectivity index (χ0) is 13.1. The van der Waals surface area contributed by atoms with Crippen molar-refractivity contribution >= 4 is 5.84 Å². The molecule has 1 heterocycles. The molecule has 0 aliphatic heterocycles. The first kappa shape index (κ1) is 13.6. The average Bonchev–Trinajstić information content (AvgIpc) is 2.29. The summed E-state index contributed by atoms with van der Waals surface area (Å²) in [6.45, 7) is 7.34. The van der Waals surface area contributed by atoms with Crippen molar-refractivity contribution < 1.29 is 0 Å². The summed E-state index contributed by atoms with van der Waals surface area (Å²) >= 11 is 0. The van der Waals surface area contributed by atoms with Crippen LogP contribution in [0.2, 0.25) is 0 Å². The topological polar surface area (TPSA) is 66.0 Å². The van der Waals surface area contributed by atoms with Gasteiger partial charge in [-0.15, -0.1) is 0 Å². The molecule has 1 aromatic rings. The second-order valence-corrected chi connectivity index (χ2v) is 4.95. The van der Waals surface area contributed by atoms with Crippen LogP contribution in [0.1, 0.15) is 38.4 Å². The van der Waals surface area contributed by atoms with Crippen molar-refractivity contribution in [3.63, 3.8) is 0 Å². The van der Waals surface area contributed by atoms with Gasteiger partial charge in [-0.25, -0.2) is 0 Å². The summed E-state index contributed by atoms with van der Waals surface area (Å²) in [5.41, 5.74) is 7.26. The van der Waals surface area contributed by atoms with Gasteiger partial charge in [-0.1, -0.05) is 13.0 Å².